The molecule has 2 N–H and O–H groups in total. The van der Waals surface area contributed by atoms with Crippen molar-refractivity contribution in [1.82, 2.24) is 9.78 Å². The summed E-state index contributed by atoms with van der Waals surface area (Å²) in [5.74, 6) is -0.628. The first-order chi connectivity index (χ1) is 9.11. The molecular formula is C14H15N3O2. The molecule has 0 saturated heterocycles. The first-order valence-electron chi connectivity index (χ1n) is 6.06. The largest absolute Gasteiger partial charge is 0.364 e. The van der Waals surface area contributed by atoms with Gasteiger partial charge >= 0.3 is 0 Å². The molecule has 0 spiro atoms. The van der Waals surface area contributed by atoms with Gasteiger partial charge in [-0.2, -0.15) is 5.10 Å². The van der Waals surface area contributed by atoms with Gasteiger partial charge in [0.15, 0.2) is 0 Å². The maximum Gasteiger partial charge on any atom is 0.270 e. The Bertz CT molecular complexity index is 647. The second-order valence-corrected chi connectivity index (χ2v) is 4.22. The quantitative estimate of drug-likeness (QED) is 0.885. The predicted molar refractivity (Wildman–Crippen MR) is 71.9 cm³/mol. The van der Waals surface area contributed by atoms with Crippen LogP contribution in [0.4, 0.5) is 0 Å². The van der Waals surface area contributed by atoms with Crippen LogP contribution in [0.1, 0.15) is 28.5 Å². The topological polar surface area (TPSA) is 78.0 Å². The average Bonchev–Trinajstić information content (AvgIpc) is 2.42. The fourth-order valence-electron chi connectivity index (χ4n) is 1.83. The van der Waals surface area contributed by atoms with Crippen LogP contribution in [0.5, 0.6) is 0 Å². The van der Waals surface area contributed by atoms with Gasteiger partial charge < -0.3 is 5.73 Å². The molecule has 0 atom stereocenters. The van der Waals surface area contributed by atoms with Crippen LogP contribution in [0.2, 0.25) is 0 Å². The van der Waals surface area contributed by atoms with Gasteiger partial charge in [0.05, 0.1) is 6.54 Å². The molecule has 1 aromatic carbocycles. The third-order valence-corrected chi connectivity index (χ3v) is 2.86. The SMILES string of the molecule is CCc1cc(C(N)=O)nn(Cc2ccccc2)c1=O. The second kappa shape index (κ2) is 5.48. The number of nitrogens with two attached hydrogens (primary N) is 1. The molecule has 0 aliphatic carbocycles. The molecule has 98 valence electrons. The summed E-state index contributed by atoms with van der Waals surface area (Å²) in [5, 5.41) is 4.01. The number of aryl methyl sites for hydroxylation is 1. The standard InChI is InChI=1S/C14H15N3O2/c1-2-11-8-12(13(15)18)16-17(14(11)19)9-10-6-4-3-5-7-10/h3-8H,2,9H2,1H3,(H2,15,18). The number of carbonyl (C=O) groups excluding carboxylic acids is 1. The summed E-state index contributed by atoms with van der Waals surface area (Å²) in [4.78, 5) is 23.4. The molecule has 0 aliphatic heterocycles. The Balaban J connectivity index is 2.47. The van der Waals surface area contributed by atoms with Crippen molar-refractivity contribution in [3.05, 3.63) is 63.6 Å². The summed E-state index contributed by atoms with van der Waals surface area (Å²) in [5.41, 5.74) is 6.65. The van der Waals surface area contributed by atoms with Crippen LogP contribution in [0.3, 0.4) is 0 Å². The van der Waals surface area contributed by atoms with E-state index in [2.05, 4.69) is 5.10 Å². The highest BCUT2D eigenvalue weighted by atomic mass is 16.1. The lowest BCUT2D eigenvalue weighted by atomic mass is 10.2. The summed E-state index contributed by atoms with van der Waals surface area (Å²) in [6, 6.07) is 10.9. The molecule has 0 unspecified atom stereocenters. The fourth-order valence-corrected chi connectivity index (χ4v) is 1.83. The molecule has 2 rings (SSSR count). The summed E-state index contributed by atoms with van der Waals surface area (Å²) < 4.78 is 1.29. The van der Waals surface area contributed by atoms with Crippen LogP contribution in [-0.4, -0.2) is 15.7 Å². The smallest absolute Gasteiger partial charge is 0.270 e. The Labute approximate surface area is 110 Å². The van der Waals surface area contributed by atoms with Crippen LogP contribution >= 0.6 is 0 Å². The summed E-state index contributed by atoms with van der Waals surface area (Å²) in [6.45, 7) is 2.18. The molecule has 1 heterocycles. The zero-order chi connectivity index (χ0) is 13.8. The van der Waals surface area contributed by atoms with E-state index in [-0.39, 0.29) is 11.3 Å². The summed E-state index contributed by atoms with van der Waals surface area (Å²) in [6.07, 6.45) is 0.538. The lowest BCUT2D eigenvalue weighted by Crippen LogP contribution is -2.30. The number of hydrogen-bond acceptors (Lipinski definition) is 3. The van der Waals surface area contributed by atoms with Gasteiger partial charge in [-0.05, 0) is 18.1 Å². The van der Waals surface area contributed by atoms with Gasteiger partial charge in [0, 0.05) is 5.56 Å². The first-order valence-corrected chi connectivity index (χ1v) is 6.06. The lowest BCUT2D eigenvalue weighted by Gasteiger charge is -2.08. The van der Waals surface area contributed by atoms with Gasteiger partial charge in [-0.3, -0.25) is 9.59 Å². The van der Waals surface area contributed by atoms with E-state index in [0.29, 0.717) is 18.5 Å². The normalized spacial score (nSPS) is 10.4. The van der Waals surface area contributed by atoms with E-state index in [1.54, 1.807) is 0 Å². The lowest BCUT2D eigenvalue weighted by molar-refractivity contribution is 0.0993. The monoisotopic (exact) mass is 257 g/mol. The minimum absolute atomic E-state index is 0.118. The molecule has 5 heteroatoms. The van der Waals surface area contributed by atoms with Crippen LogP contribution in [0.15, 0.2) is 41.2 Å². The zero-order valence-electron chi connectivity index (χ0n) is 10.7. The molecule has 1 amide bonds. The first kappa shape index (κ1) is 13.0. The second-order valence-electron chi connectivity index (χ2n) is 4.22. The van der Waals surface area contributed by atoms with Crippen molar-refractivity contribution in [1.29, 1.82) is 0 Å². The third-order valence-electron chi connectivity index (χ3n) is 2.86. The number of primary amides is 1. The van der Waals surface area contributed by atoms with Crippen molar-refractivity contribution in [2.24, 2.45) is 5.73 Å². The van der Waals surface area contributed by atoms with E-state index in [1.807, 2.05) is 37.3 Å². The molecule has 1 aromatic heterocycles. The van der Waals surface area contributed by atoms with Gasteiger partial charge in [0.1, 0.15) is 5.69 Å². The molecule has 0 aliphatic rings. The van der Waals surface area contributed by atoms with Crippen LogP contribution in [0, 0.1) is 0 Å². The minimum Gasteiger partial charge on any atom is -0.364 e. The molecular weight excluding hydrogens is 242 g/mol. The molecule has 2 aromatic rings. The Morgan fingerprint density at radius 2 is 2.00 bits per heavy atom. The van der Waals surface area contributed by atoms with Crippen molar-refractivity contribution < 1.29 is 4.79 Å². The molecule has 0 fully saturated rings. The number of carbonyl (C=O) groups is 1. The van der Waals surface area contributed by atoms with Crippen molar-refractivity contribution in [3.8, 4) is 0 Å². The molecule has 0 radical (unpaired) electrons. The van der Waals surface area contributed by atoms with Crippen molar-refractivity contribution in [2.75, 3.05) is 0 Å². The molecule has 19 heavy (non-hydrogen) atoms. The number of amides is 1. The Morgan fingerprint density at radius 1 is 1.32 bits per heavy atom. The Morgan fingerprint density at radius 3 is 2.58 bits per heavy atom. The molecule has 0 bridgehead atoms. The van der Waals surface area contributed by atoms with Crippen LogP contribution in [0.25, 0.3) is 0 Å². The van der Waals surface area contributed by atoms with Crippen molar-refractivity contribution >= 4 is 5.91 Å². The number of benzene rings is 1. The van der Waals surface area contributed by atoms with E-state index in [9.17, 15) is 9.59 Å². The van der Waals surface area contributed by atoms with Crippen LogP contribution in [-0.2, 0) is 13.0 Å². The Hall–Kier alpha value is -2.43. The van der Waals surface area contributed by atoms with E-state index < -0.39 is 5.91 Å². The van der Waals surface area contributed by atoms with E-state index >= 15 is 0 Å². The highest BCUT2D eigenvalue weighted by molar-refractivity contribution is 5.90. The highest BCUT2D eigenvalue weighted by Gasteiger charge is 2.10. The van der Waals surface area contributed by atoms with Gasteiger partial charge in [0.2, 0.25) is 0 Å². The van der Waals surface area contributed by atoms with Gasteiger partial charge in [-0.15, -0.1) is 0 Å². The number of nitrogens with zero attached hydrogens (tertiary/aromatic N) is 2. The zero-order valence-corrected chi connectivity index (χ0v) is 10.7. The van der Waals surface area contributed by atoms with Gasteiger partial charge in [0.25, 0.3) is 11.5 Å². The third kappa shape index (κ3) is 2.88. The van der Waals surface area contributed by atoms with Crippen LogP contribution < -0.4 is 11.3 Å². The average molecular weight is 257 g/mol. The number of rotatable bonds is 4. The Kier molecular flexibility index (Phi) is 3.75. The van der Waals surface area contributed by atoms with Crippen molar-refractivity contribution in [3.63, 3.8) is 0 Å². The maximum atomic E-state index is 12.1. The van der Waals surface area contributed by atoms with E-state index in [1.165, 1.54) is 10.7 Å². The molecule has 0 saturated carbocycles. The predicted octanol–water partition coefficient (Wildman–Crippen LogP) is 0.953. The number of aromatic nitrogens is 2. The van der Waals surface area contributed by atoms with E-state index in [0.717, 1.165) is 5.56 Å². The fraction of sp³-hybridized carbons (Fsp3) is 0.214. The van der Waals surface area contributed by atoms with Gasteiger partial charge in [-0.1, -0.05) is 37.3 Å². The van der Waals surface area contributed by atoms with E-state index in [4.69, 9.17) is 5.73 Å². The molecule has 5 nitrogen and oxygen atoms in total. The maximum absolute atomic E-state index is 12.1. The minimum atomic E-state index is -0.628. The summed E-state index contributed by atoms with van der Waals surface area (Å²) in [7, 11) is 0. The highest BCUT2D eigenvalue weighted by Crippen LogP contribution is 2.02. The van der Waals surface area contributed by atoms with Gasteiger partial charge in [-0.25, -0.2) is 4.68 Å². The summed E-state index contributed by atoms with van der Waals surface area (Å²) >= 11 is 0. The van der Waals surface area contributed by atoms with Crippen molar-refractivity contribution in [2.45, 2.75) is 19.9 Å². The number of hydrogen-bond donors (Lipinski definition) is 1.